The molecule has 2 aliphatic rings. The number of thioether (sulfide) groups is 1. The highest BCUT2D eigenvalue weighted by Crippen LogP contribution is 2.44. The second kappa shape index (κ2) is 19.8. The molecule has 0 bridgehead atoms. The fourth-order valence-corrected chi connectivity index (χ4v) is 10.4. The number of carbonyl (C=O) groups excluding carboxylic acids is 3. The van der Waals surface area contributed by atoms with Crippen molar-refractivity contribution in [2.75, 3.05) is 18.2 Å². The number of thiol groups is 1. The molecule has 1 fully saturated rings. The number of carbonyl (C=O) groups is 3. The Bertz CT molecular complexity index is 2790. The average molecular weight is 928 g/mol. The van der Waals surface area contributed by atoms with Gasteiger partial charge in [0.15, 0.2) is 22.8 Å². The van der Waals surface area contributed by atoms with E-state index >= 15 is 0 Å². The highest BCUT2D eigenvalue weighted by Gasteiger charge is 2.55. The number of ether oxygens (including phenoxy) is 1. The molecule has 15 heteroatoms. The molecule has 12 nitrogen and oxygen atoms in total. The minimum Gasteiger partial charge on any atom is -0.448 e. The number of amides is 2. The van der Waals surface area contributed by atoms with Gasteiger partial charge in [0.2, 0.25) is 0 Å². The second-order valence-electron chi connectivity index (χ2n) is 15.1. The lowest BCUT2D eigenvalue weighted by Gasteiger charge is -2.49. The van der Waals surface area contributed by atoms with E-state index in [2.05, 4.69) is 74.8 Å². The second-order valence-corrected chi connectivity index (χ2v) is 17.5. The van der Waals surface area contributed by atoms with Gasteiger partial charge in [-0.3, -0.25) is 14.5 Å². The molecule has 66 heavy (non-hydrogen) atoms. The SMILES string of the molecule is CON=C(C(=O)NC1C(=O)N2C(C(=O)OC(c3ccccc3)c3ccccc3)=C(C=C(S)c3ncccn3)CSC12)c1csc(NC(c2ccccc2)(c2ccccc2)c2ccccc2)n1. The molecule has 328 valence electrons. The predicted octanol–water partition coefficient (Wildman–Crippen LogP) is 8.65. The van der Waals surface area contributed by atoms with Crippen molar-refractivity contribution >= 4 is 69.3 Å². The highest BCUT2D eigenvalue weighted by molar-refractivity contribution is 8.00. The standard InChI is InChI=1S/C51H41N7O5S3/c1-62-57-41(39-32-66-50(54-39)56-51(36-22-11-4-12-23-36,37-24-13-5-14-25-37)38-26-15-6-16-27-38)46(59)55-42-47(60)58-43(35(31-65-48(42)58)30-40(64)45-52-28-17-29-53-45)49(61)63-44(33-18-7-2-8-19-33)34-20-9-3-10-21-34/h2-30,32,42,44,48,64H,31H2,1H3,(H,54,56)(H,55,59). The Hall–Kier alpha value is -7.33. The van der Waals surface area contributed by atoms with Crippen LogP contribution in [0.2, 0.25) is 0 Å². The molecular formula is C51H41N7O5S3. The summed E-state index contributed by atoms with van der Waals surface area (Å²) in [5.74, 6) is -1.30. The normalized spacial score (nSPS) is 16.3. The van der Waals surface area contributed by atoms with Crippen LogP contribution in [-0.4, -0.2) is 67.6 Å². The number of allylic oxidation sites excluding steroid dienone is 1. The number of rotatable bonds is 15. The Morgan fingerprint density at radius 1 is 0.803 bits per heavy atom. The first-order valence-electron chi connectivity index (χ1n) is 20.8. The number of hydrogen-bond acceptors (Lipinski definition) is 13. The molecule has 9 rings (SSSR count). The van der Waals surface area contributed by atoms with Gasteiger partial charge in [0, 0.05) is 28.4 Å². The Kier molecular flexibility index (Phi) is 13.2. The van der Waals surface area contributed by atoms with Crippen LogP contribution in [0.5, 0.6) is 0 Å². The monoisotopic (exact) mass is 927 g/mol. The van der Waals surface area contributed by atoms with Gasteiger partial charge >= 0.3 is 5.97 Å². The van der Waals surface area contributed by atoms with Gasteiger partial charge in [-0.15, -0.1) is 35.7 Å². The van der Waals surface area contributed by atoms with Gasteiger partial charge in [0.25, 0.3) is 11.8 Å². The van der Waals surface area contributed by atoms with Crippen LogP contribution in [0.4, 0.5) is 5.13 Å². The quantitative estimate of drug-likeness (QED) is 0.0228. The molecule has 5 aromatic carbocycles. The van der Waals surface area contributed by atoms with E-state index in [0.29, 0.717) is 21.4 Å². The Labute approximate surface area is 394 Å². The van der Waals surface area contributed by atoms with Crippen LogP contribution in [0.3, 0.4) is 0 Å². The fraction of sp³-hybridized carbons (Fsp3) is 0.118. The third-order valence-corrected chi connectivity index (χ3v) is 13.5. The van der Waals surface area contributed by atoms with E-state index in [0.717, 1.165) is 27.8 Å². The van der Waals surface area contributed by atoms with Crippen molar-refractivity contribution in [2.24, 2.45) is 5.16 Å². The van der Waals surface area contributed by atoms with Crippen molar-refractivity contribution in [1.82, 2.24) is 25.2 Å². The molecule has 0 saturated carbocycles. The molecule has 0 aliphatic carbocycles. The van der Waals surface area contributed by atoms with Crippen molar-refractivity contribution in [2.45, 2.75) is 23.1 Å². The zero-order chi connectivity index (χ0) is 45.5. The lowest BCUT2D eigenvalue weighted by Crippen LogP contribution is -2.71. The molecule has 2 unspecified atom stereocenters. The molecule has 0 radical (unpaired) electrons. The predicted molar refractivity (Wildman–Crippen MR) is 260 cm³/mol. The summed E-state index contributed by atoms with van der Waals surface area (Å²) in [6.07, 6.45) is 4.08. The van der Waals surface area contributed by atoms with E-state index in [4.69, 9.17) is 14.6 Å². The maximum atomic E-state index is 14.6. The number of thiazole rings is 1. The lowest BCUT2D eigenvalue weighted by molar-refractivity contribution is -0.154. The minimum absolute atomic E-state index is 0.0355. The summed E-state index contributed by atoms with van der Waals surface area (Å²) in [6.45, 7) is 0. The molecular weight excluding hydrogens is 887 g/mol. The van der Waals surface area contributed by atoms with Crippen LogP contribution < -0.4 is 10.6 Å². The third kappa shape index (κ3) is 8.88. The number of hydrogen-bond donors (Lipinski definition) is 3. The van der Waals surface area contributed by atoms with Gasteiger partial charge in [0.1, 0.15) is 35.5 Å². The smallest absolute Gasteiger partial charge is 0.356 e. The summed E-state index contributed by atoms with van der Waals surface area (Å²) in [6, 6.07) is 49.7. The maximum Gasteiger partial charge on any atom is 0.356 e. The number of esters is 1. The van der Waals surface area contributed by atoms with Gasteiger partial charge in [-0.25, -0.2) is 19.7 Å². The van der Waals surface area contributed by atoms with Gasteiger partial charge < -0.3 is 20.2 Å². The summed E-state index contributed by atoms with van der Waals surface area (Å²) < 4.78 is 6.32. The Morgan fingerprint density at radius 2 is 1.33 bits per heavy atom. The Balaban J connectivity index is 1.00. The van der Waals surface area contributed by atoms with Crippen molar-refractivity contribution in [3.05, 3.63) is 232 Å². The first-order chi connectivity index (χ1) is 32.4. The maximum absolute atomic E-state index is 14.6. The van der Waals surface area contributed by atoms with E-state index in [9.17, 15) is 14.4 Å². The van der Waals surface area contributed by atoms with Gasteiger partial charge in [-0.1, -0.05) is 157 Å². The highest BCUT2D eigenvalue weighted by atomic mass is 32.2. The summed E-state index contributed by atoms with van der Waals surface area (Å²) >= 11 is 7.36. The van der Waals surface area contributed by atoms with E-state index in [1.807, 2.05) is 115 Å². The third-order valence-electron chi connectivity index (χ3n) is 11.1. The lowest BCUT2D eigenvalue weighted by atomic mass is 9.77. The minimum atomic E-state index is -1.03. The van der Waals surface area contributed by atoms with Crippen molar-refractivity contribution in [3.63, 3.8) is 0 Å². The molecule has 7 aromatic rings. The Morgan fingerprint density at radius 3 is 1.86 bits per heavy atom. The van der Waals surface area contributed by atoms with E-state index in [-0.39, 0.29) is 22.9 Å². The van der Waals surface area contributed by atoms with E-state index in [1.165, 1.54) is 35.1 Å². The van der Waals surface area contributed by atoms with E-state index in [1.54, 1.807) is 29.9 Å². The van der Waals surface area contributed by atoms with Crippen molar-refractivity contribution < 1.29 is 24.0 Å². The number of nitrogens with zero attached hydrogens (tertiary/aromatic N) is 5. The molecule has 4 heterocycles. The number of oxime groups is 1. The fourth-order valence-electron chi connectivity index (χ4n) is 8.04. The van der Waals surface area contributed by atoms with Crippen LogP contribution in [0.1, 0.15) is 45.4 Å². The van der Waals surface area contributed by atoms with Crippen molar-refractivity contribution in [1.29, 1.82) is 0 Å². The number of fused-ring (bicyclic) bond motifs is 1. The summed E-state index contributed by atoms with van der Waals surface area (Å²) in [4.78, 5) is 63.7. The summed E-state index contributed by atoms with van der Waals surface area (Å²) in [5.41, 5.74) is 4.19. The molecule has 2 atom stereocenters. The first-order valence-corrected chi connectivity index (χ1v) is 23.2. The number of nitrogens with one attached hydrogen (secondary N) is 2. The largest absolute Gasteiger partial charge is 0.448 e. The van der Waals surface area contributed by atoms with Crippen LogP contribution in [0, 0.1) is 0 Å². The summed E-state index contributed by atoms with van der Waals surface area (Å²) in [5, 5.41) is 12.3. The first kappa shape index (κ1) is 43.9. The van der Waals surface area contributed by atoms with Gasteiger partial charge in [0.05, 0.1) is 0 Å². The van der Waals surface area contributed by atoms with Crippen LogP contribution in [0.15, 0.2) is 198 Å². The topological polar surface area (TPSA) is 148 Å². The molecule has 2 N–H and O–H groups in total. The number of β-lactam (4-membered cyclic amide) rings is 1. The average Bonchev–Trinajstić information content (AvgIpc) is 3.84. The van der Waals surface area contributed by atoms with Crippen molar-refractivity contribution in [3.8, 4) is 0 Å². The number of benzene rings is 5. The molecule has 2 amide bonds. The molecule has 1 saturated heterocycles. The van der Waals surface area contributed by atoms with E-state index < -0.39 is 40.8 Å². The van der Waals surface area contributed by atoms with Crippen LogP contribution in [0.25, 0.3) is 4.91 Å². The zero-order valence-electron chi connectivity index (χ0n) is 35.3. The van der Waals surface area contributed by atoms with Crippen LogP contribution >= 0.6 is 35.7 Å². The number of anilines is 1. The molecule has 2 aliphatic heterocycles. The van der Waals surface area contributed by atoms with Crippen LogP contribution in [-0.2, 0) is 29.5 Å². The van der Waals surface area contributed by atoms with Gasteiger partial charge in [-0.2, -0.15) is 0 Å². The van der Waals surface area contributed by atoms with Gasteiger partial charge in [-0.05, 0) is 45.5 Å². The zero-order valence-corrected chi connectivity index (χ0v) is 37.8. The molecule has 0 spiro atoms. The molecule has 2 aromatic heterocycles. The summed E-state index contributed by atoms with van der Waals surface area (Å²) in [7, 11) is 1.34. The number of aromatic nitrogens is 3.